The molecular formula is C20H33N2O3+. The van der Waals surface area contributed by atoms with Gasteiger partial charge in [0.25, 0.3) is 0 Å². The molecule has 1 N–H and O–H groups in total. The van der Waals surface area contributed by atoms with Gasteiger partial charge in [0.1, 0.15) is 12.4 Å². The number of amides is 1. The van der Waals surface area contributed by atoms with Gasteiger partial charge >= 0.3 is 6.09 Å². The van der Waals surface area contributed by atoms with E-state index in [0.29, 0.717) is 31.7 Å². The summed E-state index contributed by atoms with van der Waals surface area (Å²) in [5, 5.41) is 0. The van der Waals surface area contributed by atoms with Crippen LogP contribution in [0.25, 0.3) is 0 Å². The van der Waals surface area contributed by atoms with E-state index in [0.717, 1.165) is 24.4 Å². The second-order valence-electron chi connectivity index (χ2n) is 7.91. The molecule has 1 unspecified atom stereocenters. The molecule has 1 amide bonds. The number of benzene rings is 1. The predicted octanol–water partition coefficient (Wildman–Crippen LogP) is 2.35. The molecule has 2 rings (SSSR count). The van der Waals surface area contributed by atoms with Gasteiger partial charge in [0.15, 0.2) is 12.8 Å². The van der Waals surface area contributed by atoms with Crippen LogP contribution in [0.15, 0.2) is 24.3 Å². The smallest absolute Gasteiger partial charge is 0.414 e. The molecule has 0 bridgehead atoms. The Bertz CT molecular complexity index is 550. The average Bonchev–Trinajstić information content (AvgIpc) is 2.85. The Balaban J connectivity index is 1.87. The molecule has 1 aliphatic rings. The van der Waals surface area contributed by atoms with Gasteiger partial charge < -0.3 is 14.4 Å². The van der Waals surface area contributed by atoms with Crippen LogP contribution in [0.4, 0.5) is 4.79 Å². The Kier molecular flexibility index (Phi) is 7.12. The molecule has 1 fully saturated rings. The predicted molar refractivity (Wildman–Crippen MR) is 98.9 cm³/mol. The Morgan fingerprint density at radius 2 is 1.84 bits per heavy atom. The number of nitrogens with one attached hydrogen (secondary N) is 1. The van der Waals surface area contributed by atoms with Crippen LogP contribution in [-0.4, -0.2) is 50.0 Å². The number of hydrogen-bond acceptors (Lipinski definition) is 3. The fourth-order valence-electron chi connectivity index (χ4n) is 3.33. The number of nitrogens with zero attached hydrogens (tertiary/aromatic N) is 1. The standard InChI is InChI=1S/C20H32N2O3/c1-15(2)10-21(11-16(3)4)14-22-12-18(25-20(22)23)13-24-19-9-7-6-8-17(19)5/h6-9,15-16,18H,10-14H2,1-5H3/p+1. The third-order valence-electron chi connectivity index (χ3n) is 4.28. The lowest BCUT2D eigenvalue weighted by molar-refractivity contribution is -0.914. The molecule has 0 saturated carbocycles. The number of aryl methyl sites for hydroxylation is 1. The summed E-state index contributed by atoms with van der Waals surface area (Å²) in [5.74, 6) is 2.06. The number of ether oxygens (including phenoxy) is 2. The Morgan fingerprint density at radius 1 is 1.20 bits per heavy atom. The summed E-state index contributed by atoms with van der Waals surface area (Å²) in [6.45, 7) is 14.7. The van der Waals surface area contributed by atoms with Crippen LogP contribution in [0.1, 0.15) is 33.3 Å². The normalized spacial score (nSPS) is 17.7. The van der Waals surface area contributed by atoms with Crippen molar-refractivity contribution in [1.82, 2.24) is 4.90 Å². The minimum absolute atomic E-state index is 0.202. The lowest BCUT2D eigenvalue weighted by Gasteiger charge is -2.26. The molecular weight excluding hydrogens is 316 g/mol. The second kappa shape index (κ2) is 9.09. The van der Waals surface area contributed by atoms with Crippen LogP contribution < -0.4 is 9.64 Å². The first-order valence-electron chi connectivity index (χ1n) is 9.32. The highest BCUT2D eigenvalue weighted by Crippen LogP contribution is 2.18. The molecule has 1 atom stereocenters. The van der Waals surface area contributed by atoms with Crippen molar-refractivity contribution in [2.45, 2.75) is 40.7 Å². The van der Waals surface area contributed by atoms with Gasteiger partial charge in [0.05, 0.1) is 19.6 Å². The third kappa shape index (κ3) is 6.24. The van der Waals surface area contributed by atoms with E-state index in [2.05, 4.69) is 27.7 Å². The summed E-state index contributed by atoms with van der Waals surface area (Å²) >= 11 is 0. The lowest BCUT2D eigenvalue weighted by Crippen LogP contribution is -3.14. The van der Waals surface area contributed by atoms with Crippen molar-refractivity contribution in [1.29, 1.82) is 0 Å². The van der Waals surface area contributed by atoms with Gasteiger partial charge in [-0.1, -0.05) is 45.9 Å². The number of carbonyl (C=O) groups is 1. The van der Waals surface area contributed by atoms with E-state index in [-0.39, 0.29) is 12.2 Å². The molecule has 0 aliphatic carbocycles. The molecule has 5 heteroatoms. The fraction of sp³-hybridized carbons (Fsp3) is 0.650. The van der Waals surface area contributed by atoms with Crippen molar-refractivity contribution < 1.29 is 19.2 Å². The van der Waals surface area contributed by atoms with Gasteiger partial charge in [0.2, 0.25) is 0 Å². The minimum atomic E-state index is -0.219. The Morgan fingerprint density at radius 3 is 2.44 bits per heavy atom. The summed E-state index contributed by atoms with van der Waals surface area (Å²) in [4.78, 5) is 15.5. The molecule has 1 heterocycles. The monoisotopic (exact) mass is 349 g/mol. The number of cyclic esters (lactones) is 1. The average molecular weight is 349 g/mol. The molecule has 25 heavy (non-hydrogen) atoms. The number of hydrogen-bond donors (Lipinski definition) is 1. The second-order valence-corrected chi connectivity index (χ2v) is 7.91. The zero-order chi connectivity index (χ0) is 18.4. The largest absolute Gasteiger partial charge is 0.489 e. The van der Waals surface area contributed by atoms with E-state index in [9.17, 15) is 4.79 Å². The van der Waals surface area contributed by atoms with Gasteiger partial charge in [-0.3, -0.25) is 4.90 Å². The summed E-state index contributed by atoms with van der Waals surface area (Å²) in [6, 6.07) is 7.90. The van der Waals surface area contributed by atoms with Crippen molar-refractivity contribution >= 4 is 6.09 Å². The Labute approximate surface area is 151 Å². The first kappa shape index (κ1) is 19.6. The van der Waals surface area contributed by atoms with Crippen LogP contribution in [0.3, 0.4) is 0 Å². The van der Waals surface area contributed by atoms with Gasteiger partial charge in [0, 0.05) is 11.8 Å². The van der Waals surface area contributed by atoms with Crippen LogP contribution >= 0.6 is 0 Å². The van der Waals surface area contributed by atoms with Crippen molar-refractivity contribution in [3.63, 3.8) is 0 Å². The third-order valence-corrected chi connectivity index (χ3v) is 4.28. The molecule has 1 saturated heterocycles. The fourth-order valence-corrected chi connectivity index (χ4v) is 3.33. The van der Waals surface area contributed by atoms with Gasteiger partial charge in [-0.2, -0.15) is 0 Å². The van der Waals surface area contributed by atoms with E-state index >= 15 is 0 Å². The first-order valence-corrected chi connectivity index (χ1v) is 9.32. The summed E-state index contributed by atoms with van der Waals surface area (Å²) < 4.78 is 11.3. The van der Waals surface area contributed by atoms with Gasteiger partial charge in [-0.15, -0.1) is 0 Å². The number of para-hydroxylation sites is 1. The minimum Gasteiger partial charge on any atom is -0.489 e. The van der Waals surface area contributed by atoms with Crippen LogP contribution in [0.5, 0.6) is 5.75 Å². The van der Waals surface area contributed by atoms with E-state index in [1.165, 1.54) is 4.90 Å². The number of rotatable bonds is 9. The Hall–Kier alpha value is -1.75. The maximum absolute atomic E-state index is 12.2. The van der Waals surface area contributed by atoms with Crippen molar-refractivity contribution in [3.05, 3.63) is 29.8 Å². The van der Waals surface area contributed by atoms with E-state index < -0.39 is 0 Å². The number of carbonyl (C=O) groups excluding carboxylic acids is 1. The summed E-state index contributed by atoms with van der Waals surface area (Å²) in [5.41, 5.74) is 1.09. The highest BCUT2D eigenvalue weighted by Gasteiger charge is 2.34. The molecule has 0 radical (unpaired) electrons. The molecule has 5 nitrogen and oxygen atoms in total. The molecule has 1 aliphatic heterocycles. The highest BCUT2D eigenvalue weighted by molar-refractivity contribution is 5.69. The molecule has 0 spiro atoms. The van der Waals surface area contributed by atoms with E-state index in [1.807, 2.05) is 36.1 Å². The van der Waals surface area contributed by atoms with Gasteiger partial charge in [-0.25, -0.2) is 4.79 Å². The quantitative estimate of drug-likeness (QED) is 0.744. The SMILES string of the molecule is Cc1ccccc1OCC1CN(C[NH+](CC(C)C)CC(C)C)C(=O)O1. The zero-order valence-corrected chi connectivity index (χ0v) is 16.2. The topological polar surface area (TPSA) is 43.2 Å². The van der Waals surface area contributed by atoms with Crippen molar-refractivity contribution in [2.24, 2.45) is 11.8 Å². The summed E-state index contributed by atoms with van der Waals surface area (Å²) in [7, 11) is 0. The maximum Gasteiger partial charge on any atom is 0.414 e. The van der Waals surface area contributed by atoms with Crippen molar-refractivity contribution in [2.75, 3.05) is 32.9 Å². The lowest BCUT2D eigenvalue weighted by atomic mass is 10.1. The van der Waals surface area contributed by atoms with Crippen LogP contribution in [0, 0.1) is 18.8 Å². The molecule has 0 aromatic heterocycles. The van der Waals surface area contributed by atoms with E-state index in [4.69, 9.17) is 9.47 Å². The maximum atomic E-state index is 12.2. The molecule has 1 aromatic carbocycles. The number of quaternary nitrogens is 1. The van der Waals surface area contributed by atoms with Gasteiger partial charge in [-0.05, 0) is 18.6 Å². The van der Waals surface area contributed by atoms with E-state index in [1.54, 1.807) is 0 Å². The molecule has 140 valence electrons. The first-order chi connectivity index (χ1) is 11.8. The highest BCUT2D eigenvalue weighted by atomic mass is 16.6. The van der Waals surface area contributed by atoms with Crippen LogP contribution in [-0.2, 0) is 4.74 Å². The summed E-state index contributed by atoms with van der Waals surface area (Å²) in [6.07, 6.45) is -0.421. The van der Waals surface area contributed by atoms with Crippen molar-refractivity contribution in [3.8, 4) is 5.75 Å². The zero-order valence-electron chi connectivity index (χ0n) is 16.2. The molecule has 1 aromatic rings. The van der Waals surface area contributed by atoms with Crippen LogP contribution in [0.2, 0.25) is 0 Å².